The molecule has 0 aliphatic carbocycles. The highest BCUT2D eigenvalue weighted by atomic mass is 35.5. The molecule has 0 unspecified atom stereocenters. The second-order valence-corrected chi connectivity index (χ2v) is 7.32. The van der Waals surface area contributed by atoms with E-state index in [2.05, 4.69) is 15.5 Å². The van der Waals surface area contributed by atoms with Crippen LogP contribution in [0.15, 0.2) is 54.6 Å². The molecule has 2 aliphatic rings. The maximum absolute atomic E-state index is 12.7. The third-order valence-corrected chi connectivity index (χ3v) is 5.59. The minimum absolute atomic E-state index is 0.0428. The summed E-state index contributed by atoms with van der Waals surface area (Å²) < 4.78 is 0. The molecule has 7 heteroatoms. The number of carbonyl (C=O) groups excluding carboxylic acids is 2. The van der Waals surface area contributed by atoms with Gasteiger partial charge < -0.3 is 20.4 Å². The molecular weight excluding hydrogens is 364 g/mol. The van der Waals surface area contributed by atoms with E-state index in [-0.39, 0.29) is 11.9 Å². The van der Waals surface area contributed by atoms with Crippen LogP contribution in [0.4, 0.5) is 16.2 Å². The van der Waals surface area contributed by atoms with Gasteiger partial charge in [0, 0.05) is 29.5 Å². The van der Waals surface area contributed by atoms with Crippen LogP contribution in [-0.2, 0) is 4.79 Å². The predicted octanol–water partition coefficient (Wildman–Crippen LogP) is 3.30. The lowest BCUT2D eigenvalue weighted by Gasteiger charge is -2.43. The Kier molecular flexibility index (Phi) is 4.66. The molecular formula is C20H21ClN4O2. The van der Waals surface area contributed by atoms with Gasteiger partial charge in [-0.25, -0.2) is 4.79 Å². The van der Waals surface area contributed by atoms with Gasteiger partial charge in [-0.05, 0) is 43.2 Å². The SMILES string of the molecule is O=C(Nc1cccc(Cl)c1)N1CCC2(CC1)C(=O)NCN2c1ccccc1. The van der Waals surface area contributed by atoms with Crippen LogP contribution >= 0.6 is 11.6 Å². The fraction of sp³-hybridized carbons (Fsp3) is 0.300. The number of nitrogens with zero attached hydrogens (tertiary/aromatic N) is 2. The first-order valence-corrected chi connectivity index (χ1v) is 9.39. The number of nitrogens with one attached hydrogen (secondary N) is 2. The second kappa shape index (κ2) is 7.12. The van der Waals surface area contributed by atoms with Crippen LogP contribution < -0.4 is 15.5 Å². The molecule has 1 spiro atoms. The van der Waals surface area contributed by atoms with Gasteiger partial charge in [0.2, 0.25) is 5.91 Å². The molecule has 0 atom stereocenters. The molecule has 2 saturated heterocycles. The van der Waals surface area contributed by atoms with E-state index >= 15 is 0 Å². The van der Waals surface area contributed by atoms with Gasteiger partial charge >= 0.3 is 6.03 Å². The third kappa shape index (κ3) is 3.32. The topological polar surface area (TPSA) is 64.7 Å². The zero-order valence-corrected chi connectivity index (χ0v) is 15.6. The van der Waals surface area contributed by atoms with E-state index in [0.717, 1.165) is 5.69 Å². The molecule has 4 rings (SSSR count). The molecule has 2 aromatic rings. The molecule has 2 aromatic carbocycles. The summed E-state index contributed by atoms with van der Waals surface area (Å²) in [7, 11) is 0. The number of para-hydroxylation sites is 1. The van der Waals surface area contributed by atoms with E-state index in [4.69, 9.17) is 11.6 Å². The Morgan fingerprint density at radius 3 is 2.52 bits per heavy atom. The monoisotopic (exact) mass is 384 g/mol. The number of benzene rings is 2. The lowest BCUT2D eigenvalue weighted by atomic mass is 9.85. The number of hydrogen-bond donors (Lipinski definition) is 2. The van der Waals surface area contributed by atoms with E-state index in [0.29, 0.717) is 43.3 Å². The highest BCUT2D eigenvalue weighted by Crippen LogP contribution is 2.36. The Labute approximate surface area is 163 Å². The van der Waals surface area contributed by atoms with E-state index in [9.17, 15) is 9.59 Å². The molecule has 27 heavy (non-hydrogen) atoms. The Balaban J connectivity index is 1.45. The molecule has 6 nitrogen and oxygen atoms in total. The average molecular weight is 385 g/mol. The minimum Gasteiger partial charge on any atom is -0.339 e. The summed E-state index contributed by atoms with van der Waals surface area (Å²) in [6, 6.07) is 16.8. The molecule has 2 heterocycles. The van der Waals surface area contributed by atoms with Gasteiger partial charge in [-0.1, -0.05) is 35.9 Å². The second-order valence-electron chi connectivity index (χ2n) is 6.89. The van der Waals surface area contributed by atoms with Gasteiger partial charge in [-0.3, -0.25) is 4.79 Å². The van der Waals surface area contributed by atoms with E-state index in [1.54, 1.807) is 29.2 Å². The molecule has 0 aromatic heterocycles. The smallest absolute Gasteiger partial charge is 0.321 e. The molecule has 0 bridgehead atoms. The summed E-state index contributed by atoms with van der Waals surface area (Å²) >= 11 is 5.97. The van der Waals surface area contributed by atoms with Crippen molar-refractivity contribution in [2.75, 3.05) is 30.0 Å². The molecule has 140 valence electrons. The van der Waals surface area contributed by atoms with Crippen molar-refractivity contribution in [1.82, 2.24) is 10.2 Å². The number of carbonyl (C=O) groups is 2. The number of likely N-dealkylation sites (tertiary alicyclic amines) is 1. The van der Waals surface area contributed by atoms with Crippen molar-refractivity contribution in [3.05, 3.63) is 59.6 Å². The molecule has 2 fully saturated rings. The van der Waals surface area contributed by atoms with E-state index in [1.165, 1.54) is 0 Å². The summed E-state index contributed by atoms with van der Waals surface area (Å²) in [6.07, 6.45) is 1.19. The summed E-state index contributed by atoms with van der Waals surface area (Å²) in [5.41, 5.74) is 1.10. The van der Waals surface area contributed by atoms with Crippen molar-refractivity contribution in [3.63, 3.8) is 0 Å². The van der Waals surface area contributed by atoms with Crippen molar-refractivity contribution in [3.8, 4) is 0 Å². The summed E-state index contributed by atoms with van der Waals surface area (Å²) in [6.45, 7) is 1.53. The summed E-state index contributed by atoms with van der Waals surface area (Å²) in [5.74, 6) is 0.0428. The molecule has 0 saturated carbocycles. The predicted molar refractivity (Wildman–Crippen MR) is 106 cm³/mol. The fourth-order valence-electron chi connectivity index (χ4n) is 3.88. The maximum Gasteiger partial charge on any atom is 0.321 e. The molecule has 2 aliphatic heterocycles. The number of piperidine rings is 1. The zero-order chi connectivity index (χ0) is 18.9. The first-order chi connectivity index (χ1) is 13.1. The van der Waals surface area contributed by atoms with Gasteiger partial charge in [0.1, 0.15) is 5.54 Å². The minimum atomic E-state index is -0.589. The first kappa shape index (κ1) is 17.7. The lowest BCUT2D eigenvalue weighted by molar-refractivity contribution is -0.124. The number of halogens is 1. The van der Waals surface area contributed by atoms with Gasteiger partial charge in [-0.2, -0.15) is 0 Å². The summed E-state index contributed by atoms with van der Waals surface area (Å²) in [5, 5.41) is 6.42. The Hall–Kier alpha value is -2.73. The Morgan fingerprint density at radius 2 is 1.81 bits per heavy atom. The van der Waals surface area contributed by atoms with Crippen LogP contribution in [-0.4, -0.2) is 42.1 Å². The van der Waals surface area contributed by atoms with Crippen LogP contribution in [0.2, 0.25) is 5.02 Å². The van der Waals surface area contributed by atoms with E-state index < -0.39 is 5.54 Å². The maximum atomic E-state index is 12.7. The largest absolute Gasteiger partial charge is 0.339 e. The quantitative estimate of drug-likeness (QED) is 0.835. The standard InChI is InChI=1S/C20H21ClN4O2/c21-15-5-4-6-16(13-15)23-19(27)24-11-9-20(10-12-24)18(26)22-14-25(20)17-7-2-1-3-8-17/h1-8,13H,9-12,14H2,(H,22,26)(H,23,27). The zero-order valence-electron chi connectivity index (χ0n) is 14.8. The third-order valence-electron chi connectivity index (χ3n) is 5.36. The first-order valence-electron chi connectivity index (χ1n) is 9.01. The normalized spacial score (nSPS) is 18.5. The van der Waals surface area contributed by atoms with Crippen LogP contribution in [0.1, 0.15) is 12.8 Å². The van der Waals surface area contributed by atoms with Crippen molar-refractivity contribution in [1.29, 1.82) is 0 Å². The van der Waals surface area contributed by atoms with Crippen molar-refractivity contribution in [2.24, 2.45) is 0 Å². The number of urea groups is 1. The van der Waals surface area contributed by atoms with Crippen LogP contribution in [0.5, 0.6) is 0 Å². The molecule has 0 radical (unpaired) electrons. The lowest BCUT2D eigenvalue weighted by Crippen LogP contribution is -2.57. The van der Waals surface area contributed by atoms with Crippen LogP contribution in [0.3, 0.4) is 0 Å². The van der Waals surface area contributed by atoms with Crippen molar-refractivity contribution >= 4 is 34.9 Å². The van der Waals surface area contributed by atoms with Gasteiger partial charge in [0.05, 0.1) is 6.67 Å². The number of hydrogen-bond acceptors (Lipinski definition) is 3. The van der Waals surface area contributed by atoms with Crippen LogP contribution in [0, 0.1) is 0 Å². The summed E-state index contributed by atoms with van der Waals surface area (Å²) in [4.78, 5) is 29.1. The van der Waals surface area contributed by atoms with Gasteiger partial charge in [0.15, 0.2) is 0 Å². The molecule has 2 N–H and O–H groups in total. The fourth-order valence-corrected chi connectivity index (χ4v) is 4.07. The van der Waals surface area contributed by atoms with Crippen molar-refractivity contribution < 1.29 is 9.59 Å². The highest BCUT2D eigenvalue weighted by Gasteiger charge is 2.50. The molecule has 3 amide bonds. The number of rotatable bonds is 2. The average Bonchev–Trinajstić information content (AvgIpc) is 2.99. The number of anilines is 2. The van der Waals surface area contributed by atoms with E-state index in [1.807, 2.05) is 30.3 Å². The highest BCUT2D eigenvalue weighted by molar-refractivity contribution is 6.30. The van der Waals surface area contributed by atoms with Crippen LogP contribution in [0.25, 0.3) is 0 Å². The number of amides is 3. The Morgan fingerprint density at radius 1 is 1.07 bits per heavy atom. The van der Waals surface area contributed by atoms with Gasteiger partial charge in [-0.15, -0.1) is 0 Å². The Bertz CT molecular complexity index is 850. The van der Waals surface area contributed by atoms with Gasteiger partial charge in [0.25, 0.3) is 0 Å². The van der Waals surface area contributed by atoms with Crippen molar-refractivity contribution in [2.45, 2.75) is 18.4 Å².